The number of aliphatic hydroxyl groups is 2. The van der Waals surface area contributed by atoms with Crippen LogP contribution >= 0.6 is 0 Å². The van der Waals surface area contributed by atoms with Gasteiger partial charge < -0.3 is 19.7 Å². The van der Waals surface area contributed by atoms with Gasteiger partial charge in [-0.25, -0.2) is 0 Å². The number of fused-ring (bicyclic) bond motifs is 7. The molecule has 31 heavy (non-hydrogen) atoms. The maximum Gasteiger partial charge on any atom is 0.193 e. The third-order valence-electron chi connectivity index (χ3n) is 8.89. The van der Waals surface area contributed by atoms with Crippen molar-refractivity contribution in [3.8, 4) is 0 Å². The van der Waals surface area contributed by atoms with Crippen LogP contribution in [0.2, 0.25) is 0 Å². The molecular weight excluding hydrogens is 396 g/mol. The number of aliphatic hydroxyl groups excluding tert-OH is 1. The smallest absolute Gasteiger partial charge is 0.193 e. The Hall–Kier alpha value is -1.34. The summed E-state index contributed by atoms with van der Waals surface area (Å²) in [6.45, 7) is 2.24. The number of hydrogen-bond acceptors (Lipinski definition) is 6. The van der Waals surface area contributed by atoms with Crippen molar-refractivity contribution >= 4 is 11.6 Å². The molecule has 9 atom stereocenters. The molecule has 1 aliphatic heterocycles. The number of allylic oxidation sites excluding steroid dienone is 4. The summed E-state index contributed by atoms with van der Waals surface area (Å²) in [5.74, 6) is -2.71. The first-order valence-corrected chi connectivity index (χ1v) is 11.3. The molecule has 1 saturated heterocycles. The highest BCUT2D eigenvalue weighted by Crippen LogP contribution is 2.69. The minimum absolute atomic E-state index is 0.0219. The van der Waals surface area contributed by atoms with E-state index in [1.807, 2.05) is 13.8 Å². The van der Waals surface area contributed by atoms with Crippen molar-refractivity contribution in [2.75, 3.05) is 6.56 Å². The highest BCUT2D eigenvalue weighted by atomic mass is 16.7. The molecule has 1 heterocycles. The molecule has 170 valence electrons. The van der Waals surface area contributed by atoms with Gasteiger partial charge in [0.1, 0.15) is 6.56 Å². The van der Waals surface area contributed by atoms with Crippen molar-refractivity contribution < 1.29 is 36.1 Å². The predicted molar refractivity (Wildman–Crippen MR) is 113 cm³/mol. The second-order valence-corrected chi connectivity index (χ2v) is 10.3. The standard InChI is InChI=1S/C25H34O6/c1-4-5-21-30-20-11-17-16-7-6-14-10-15(27)8-9-23(14,2)22(16)18(28)12-24(17,3)25(20,31-21)19(29)13-26/h8-10,16-18,20-22,26,28H,4-7,11-13H2,1-3H3/t16-,17-,18-,20+,21?,22+,23-,24-,25+/m0/s1/i8D,10D,13D2,21D. The zero-order chi connectivity index (χ0) is 26.6. The monoisotopic (exact) mass is 435 g/mol. The number of hydrogen-bond donors (Lipinski definition) is 2. The number of ketones is 2. The molecule has 1 unspecified atom stereocenters. The normalized spacial score (nSPS) is 56.2. The van der Waals surface area contributed by atoms with E-state index >= 15 is 0 Å². The number of Topliss-reactive ketones (excluding diaryl/α,β-unsaturated/α-hetero) is 1. The van der Waals surface area contributed by atoms with Gasteiger partial charge in [-0.05, 0) is 56.0 Å². The van der Waals surface area contributed by atoms with E-state index in [9.17, 15) is 19.8 Å². The van der Waals surface area contributed by atoms with Crippen LogP contribution in [0.3, 0.4) is 0 Å². The quantitative estimate of drug-likeness (QED) is 0.705. The third-order valence-corrected chi connectivity index (χ3v) is 8.89. The minimum Gasteiger partial charge on any atom is -0.393 e. The Morgan fingerprint density at radius 1 is 1.45 bits per heavy atom. The molecule has 2 N–H and O–H groups in total. The highest BCUT2D eigenvalue weighted by molar-refractivity contribution is 6.01. The summed E-state index contributed by atoms with van der Waals surface area (Å²) in [4.78, 5) is 25.9. The first-order chi connectivity index (χ1) is 16.6. The molecule has 6 nitrogen and oxygen atoms in total. The summed E-state index contributed by atoms with van der Waals surface area (Å²) in [6, 6.07) is -0.446. The van der Waals surface area contributed by atoms with E-state index < -0.39 is 58.9 Å². The number of rotatable bonds is 4. The maximum atomic E-state index is 13.6. The molecule has 5 rings (SSSR count). The van der Waals surface area contributed by atoms with Gasteiger partial charge >= 0.3 is 0 Å². The molecule has 6 heteroatoms. The zero-order valence-corrected chi connectivity index (χ0v) is 18.2. The second-order valence-electron chi connectivity index (χ2n) is 10.3. The maximum absolute atomic E-state index is 13.6. The summed E-state index contributed by atoms with van der Waals surface area (Å²) < 4.78 is 53.1. The minimum atomic E-state index is -3.22. The molecule has 4 fully saturated rings. The molecule has 3 saturated carbocycles. The van der Waals surface area contributed by atoms with E-state index in [1.165, 1.54) is 0 Å². The van der Waals surface area contributed by atoms with Crippen molar-refractivity contribution in [2.24, 2.45) is 28.6 Å². The zero-order valence-electron chi connectivity index (χ0n) is 23.2. The molecule has 0 bridgehead atoms. The molecule has 0 amide bonds. The van der Waals surface area contributed by atoms with Crippen LogP contribution in [0.1, 0.15) is 66.1 Å². The van der Waals surface area contributed by atoms with E-state index in [0.29, 0.717) is 24.8 Å². The summed E-state index contributed by atoms with van der Waals surface area (Å²) in [6.07, 6.45) is -0.339. The van der Waals surface area contributed by atoms with Crippen LogP contribution < -0.4 is 0 Å². The summed E-state index contributed by atoms with van der Waals surface area (Å²) in [5.41, 5.74) is -3.35. The van der Waals surface area contributed by atoms with E-state index in [0.717, 1.165) is 0 Å². The van der Waals surface area contributed by atoms with Crippen LogP contribution in [0.4, 0.5) is 0 Å². The van der Waals surface area contributed by atoms with Crippen LogP contribution in [0.25, 0.3) is 0 Å². The van der Waals surface area contributed by atoms with Crippen LogP contribution in [0, 0.1) is 28.6 Å². The molecule has 0 radical (unpaired) electrons. The predicted octanol–water partition coefficient (Wildman–Crippen LogP) is 2.72. The average Bonchev–Trinajstić information content (AvgIpc) is 3.17. The van der Waals surface area contributed by atoms with Gasteiger partial charge in [-0.1, -0.05) is 38.8 Å². The summed E-state index contributed by atoms with van der Waals surface area (Å²) >= 11 is 0. The Morgan fingerprint density at radius 3 is 2.94 bits per heavy atom. The second kappa shape index (κ2) is 7.08. The lowest BCUT2D eigenvalue weighted by Crippen LogP contribution is -2.63. The fourth-order valence-corrected chi connectivity index (χ4v) is 7.65. The summed E-state index contributed by atoms with van der Waals surface area (Å²) in [5, 5.41) is 21.8. The lowest BCUT2D eigenvalue weighted by molar-refractivity contribution is -0.200. The number of ether oxygens (including phenoxy) is 2. The lowest BCUT2D eigenvalue weighted by atomic mass is 9.46. The SMILES string of the molecule is [2H]C1=C[C@@]2(C)C(=C([2H])C1=O)CC[C@@H]1[C@@H]2[C@@H](O)C[C@@]2(C)[C@H]1C[C@H]1OC([2H])(CCC)O[C@]12C(=O)C([2H])([2H])O. The number of carbonyl (C=O) groups is 2. The lowest BCUT2D eigenvalue weighted by Gasteiger charge is -2.59. The van der Waals surface area contributed by atoms with Gasteiger partial charge in [0.2, 0.25) is 0 Å². The fourth-order valence-electron chi connectivity index (χ4n) is 7.65. The highest BCUT2D eigenvalue weighted by Gasteiger charge is 2.75. The Kier molecular flexibility index (Phi) is 3.72. The third kappa shape index (κ3) is 2.65. The van der Waals surface area contributed by atoms with Crippen molar-refractivity contribution in [3.63, 3.8) is 0 Å². The first-order valence-electron chi connectivity index (χ1n) is 13.8. The van der Waals surface area contributed by atoms with Gasteiger partial charge in [0.15, 0.2) is 23.4 Å². The molecule has 4 aliphatic carbocycles. The van der Waals surface area contributed by atoms with Gasteiger partial charge in [0.05, 0.1) is 19.1 Å². The van der Waals surface area contributed by atoms with Crippen molar-refractivity contribution in [1.29, 1.82) is 0 Å². The van der Waals surface area contributed by atoms with Crippen molar-refractivity contribution in [1.82, 2.24) is 0 Å². The number of carbonyl (C=O) groups excluding carboxylic acids is 2. The fraction of sp³-hybridized carbons (Fsp3) is 0.760. The first kappa shape index (κ1) is 16.3. The van der Waals surface area contributed by atoms with Crippen LogP contribution in [0.15, 0.2) is 23.8 Å². The molecule has 0 aromatic heterocycles. The van der Waals surface area contributed by atoms with E-state index in [4.69, 9.17) is 16.3 Å². The van der Waals surface area contributed by atoms with Gasteiger partial charge in [0, 0.05) is 16.7 Å². The van der Waals surface area contributed by atoms with Crippen molar-refractivity contribution in [3.05, 3.63) is 23.8 Å². The van der Waals surface area contributed by atoms with Gasteiger partial charge in [0.25, 0.3) is 0 Å². The Morgan fingerprint density at radius 2 is 2.23 bits per heavy atom. The van der Waals surface area contributed by atoms with Crippen LogP contribution in [-0.4, -0.2) is 52.4 Å². The molecule has 5 aliphatic rings. The Labute approximate surface area is 190 Å². The van der Waals surface area contributed by atoms with Gasteiger partial charge in [-0.3, -0.25) is 9.59 Å². The Balaban J connectivity index is 1.62. The Bertz CT molecular complexity index is 1090. The summed E-state index contributed by atoms with van der Waals surface area (Å²) in [7, 11) is 0. The van der Waals surface area contributed by atoms with Crippen LogP contribution in [0.5, 0.6) is 0 Å². The molecule has 0 spiro atoms. The van der Waals surface area contributed by atoms with Crippen molar-refractivity contribution in [2.45, 2.75) is 83.4 Å². The van der Waals surface area contributed by atoms with E-state index in [1.54, 1.807) is 13.0 Å². The van der Waals surface area contributed by atoms with E-state index in [2.05, 4.69) is 0 Å². The average molecular weight is 436 g/mol. The topological polar surface area (TPSA) is 93.1 Å². The van der Waals surface area contributed by atoms with E-state index in [-0.39, 0.29) is 43.2 Å². The largest absolute Gasteiger partial charge is 0.393 e. The molecular formula is C25H34O6. The van der Waals surface area contributed by atoms with Gasteiger partial charge in [-0.15, -0.1) is 0 Å². The van der Waals surface area contributed by atoms with Gasteiger partial charge in [-0.2, -0.15) is 0 Å². The molecule has 0 aromatic rings. The van der Waals surface area contributed by atoms with Crippen LogP contribution in [-0.2, 0) is 19.1 Å². The molecule has 0 aromatic carbocycles.